The highest BCUT2D eigenvalue weighted by Gasteiger charge is 2.19. The first-order valence-corrected chi connectivity index (χ1v) is 5.83. The van der Waals surface area contributed by atoms with Gasteiger partial charge in [0.1, 0.15) is 6.61 Å². The van der Waals surface area contributed by atoms with Crippen LogP contribution in [0.5, 0.6) is 11.5 Å². The highest BCUT2D eigenvalue weighted by Crippen LogP contribution is 2.33. The van der Waals surface area contributed by atoms with Crippen molar-refractivity contribution < 1.29 is 18.8 Å². The molecule has 0 fully saturated rings. The number of halogens is 1. The van der Waals surface area contributed by atoms with Crippen LogP contribution in [0.2, 0.25) is 0 Å². The number of nitro benzene ring substituents is 1. The van der Waals surface area contributed by atoms with Crippen LogP contribution in [-0.2, 0) is 0 Å². The number of hydrogen-bond donors (Lipinski definition) is 1. The largest absolute Gasteiger partial charge is 0.490 e. The third kappa shape index (κ3) is 4.36. The molecule has 1 N–H and O–H groups in total. The maximum atomic E-state index is 13.6. The molecular formula is C12H17FN2O4. The first kappa shape index (κ1) is 15.2. The number of hydrogen-bond acceptors (Lipinski definition) is 5. The Morgan fingerprint density at radius 1 is 1.42 bits per heavy atom. The average molecular weight is 272 g/mol. The van der Waals surface area contributed by atoms with E-state index in [1.54, 1.807) is 0 Å². The van der Waals surface area contributed by atoms with E-state index in [0.29, 0.717) is 12.6 Å². The first-order chi connectivity index (χ1) is 8.95. The fourth-order valence-electron chi connectivity index (χ4n) is 1.45. The predicted octanol–water partition coefficient (Wildman–Crippen LogP) is 2.12. The monoisotopic (exact) mass is 272 g/mol. The molecule has 0 unspecified atom stereocenters. The fraction of sp³-hybridized carbons (Fsp3) is 0.500. The van der Waals surface area contributed by atoms with Crippen LogP contribution in [0.3, 0.4) is 0 Å². The molecule has 0 heterocycles. The molecule has 0 spiro atoms. The van der Waals surface area contributed by atoms with Crippen molar-refractivity contribution in [1.82, 2.24) is 5.32 Å². The average Bonchev–Trinajstić information content (AvgIpc) is 2.35. The van der Waals surface area contributed by atoms with Crippen LogP contribution in [0.1, 0.15) is 13.8 Å². The van der Waals surface area contributed by atoms with E-state index in [1.165, 1.54) is 13.2 Å². The molecular weight excluding hydrogens is 255 g/mol. The zero-order valence-corrected chi connectivity index (χ0v) is 11.1. The predicted molar refractivity (Wildman–Crippen MR) is 68.2 cm³/mol. The molecule has 0 atom stereocenters. The lowest BCUT2D eigenvalue weighted by Crippen LogP contribution is -2.27. The van der Waals surface area contributed by atoms with E-state index >= 15 is 0 Å². The lowest BCUT2D eigenvalue weighted by molar-refractivity contribution is -0.386. The van der Waals surface area contributed by atoms with E-state index < -0.39 is 16.4 Å². The second-order valence-corrected chi connectivity index (χ2v) is 4.17. The summed E-state index contributed by atoms with van der Waals surface area (Å²) in [7, 11) is 1.28. The van der Waals surface area contributed by atoms with E-state index in [0.717, 1.165) is 6.07 Å². The number of nitro groups is 1. The van der Waals surface area contributed by atoms with Crippen molar-refractivity contribution in [2.75, 3.05) is 20.3 Å². The van der Waals surface area contributed by atoms with Crippen LogP contribution < -0.4 is 14.8 Å². The second kappa shape index (κ2) is 6.89. The Morgan fingerprint density at radius 3 is 2.63 bits per heavy atom. The van der Waals surface area contributed by atoms with E-state index in [1.807, 2.05) is 13.8 Å². The Hall–Kier alpha value is -1.89. The highest BCUT2D eigenvalue weighted by atomic mass is 19.1. The molecule has 1 aromatic rings. The Morgan fingerprint density at radius 2 is 2.11 bits per heavy atom. The van der Waals surface area contributed by atoms with Gasteiger partial charge in [-0.05, 0) is 0 Å². The molecule has 0 bridgehead atoms. The minimum absolute atomic E-state index is 0.0294. The third-order valence-electron chi connectivity index (χ3n) is 2.34. The van der Waals surface area contributed by atoms with Crippen molar-refractivity contribution in [1.29, 1.82) is 0 Å². The summed E-state index contributed by atoms with van der Waals surface area (Å²) in [6, 6.07) is 2.28. The van der Waals surface area contributed by atoms with Crippen LogP contribution in [0.15, 0.2) is 12.1 Å². The SMILES string of the molecule is COc1cc(OCCNC(C)C)c(F)cc1[N+](=O)[O-]. The second-order valence-electron chi connectivity index (χ2n) is 4.17. The van der Waals surface area contributed by atoms with Gasteiger partial charge in [0.2, 0.25) is 5.75 Å². The van der Waals surface area contributed by atoms with Gasteiger partial charge in [-0.2, -0.15) is 0 Å². The van der Waals surface area contributed by atoms with Gasteiger partial charge in [0.15, 0.2) is 11.6 Å². The summed E-state index contributed by atoms with van der Waals surface area (Å²) in [4.78, 5) is 9.99. The molecule has 0 aliphatic carbocycles. The Balaban J connectivity index is 2.76. The zero-order chi connectivity index (χ0) is 14.4. The molecule has 0 radical (unpaired) electrons. The van der Waals surface area contributed by atoms with Gasteiger partial charge in [0.05, 0.1) is 18.1 Å². The van der Waals surface area contributed by atoms with Crippen molar-refractivity contribution in [2.24, 2.45) is 0 Å². The quantitative estimate of drug-likeness (QED) is 0.467. The molecule has 19 heavy (non-hydrogen) atoms. The van der Waals surface area contributed by atoms with Crippen molar-refractivity contribution in [3.63, 3.8) is 0 Å². The molecule has 0 aliphatic heterocycles. The topological polar surface area (TPSA) is 73.6 Å². The zero-order valence-electron chi connectivity index (χ0n) is 11.1. The highest BCUT2D eigenvalue weighted by molar-refractivity contribution is 5.51. The number of ether oxygens (including phenoxy) is 2. The van der Waals surface area contributed by atoms with Crippen LogP contribution in [0.25, 0.3) is 0 Å². The number of nitrogens with one attached hydrogen (secondary N) is 1. The summed E-state index contributed by atoms with van der Waals surface area (Å²) in [6.07, 6.45) is 0. The summed E-state index contributed by atoms with van der Waals surface area (Å²) in [5.74, 6) is -0.872. The normalized spacial score (nSPS) is 10.6. The minimum Gasteiger partial charge on any atom is -0.490 e. The smallest absolute Gasteiger partial charge is 0.314 e. The van der Waals surface area contributed by atoms with Crippen LogP contribution in [0, 0.1) is 15.9 Å². The molecule has 1 rings (SSSR count). The van der Waals surface area contributed by atoms with E-state index in [2.05, 4.69) is 5.32 Å². The van der Waals surface area contributed by atoms with Crippen LogP contribution >= 0.6 is 0 Å². The van der Waals surface area contributed by atoms with Gasteiger partial charge in [0.25, 0.3) is 0 Å². The number of methoxy groups -OCH3 is 1. The van der Waals surface area contributed by atoms with Gasteiger partial charge in [-0.15, -0.1) is 0 Å². The Labute approximate surface area is 110 Å². The summed E-state index contributed by atoms with van der Waals surface area (Å²) >= 11 is 0. The molecule has 0 aromatic heterocycles. The van der Waals surface area contributed by atoms with Gasteiger partial charge < -0.3 is 14.8 Å². The molecule has 0 amide bonds. The molecule has 0 aliphatic rings. The lowest BCUT2D eigenvalue weighted by atomic mass is 10.2. The lowest BCUT2D eigenvalue weighted by Gasteiger charge is -2.11. The summed E-state index contributed by atoms with van der Waals surface area (Å²) in [5, 5.41) is 13.8. The van der Waals surface area contributed by atoms with Gasteiger partial charge in [-0.25, -0.2) is 4.39 Å². The van der Waals surface area contributed by atoms with Crippen LogP contribution in [-0.4, -0.2) is 31.2 Å². The van der Waals surface area contributed by atoms with Gasteiger partial charge >= 0.3 is 5.69 Å². The Kier molecular flexibility index (Phi) is 5.50. The Bertz CT molecular complexity index is 452. The molecule has 0 saturated carbocycles. The summed E-state index contributed by atoms with van der Waals surface area (Å²) in [6.45, 7) is 4.78. The molecule has 106 valence electrons. The molecule has 1 aromatic carbocycles. The van der Waals surface area contributed by atoms with Crippen molar-refractivity contribution in [3.05, 3.63) is 28.1 Å². The number of benzene rings is 1. The van der Waals surface area contributed by atoms with Crippen molar-refractivity contribution in [2.45, 2.75) is 19.9 Å². The van der Waals surface area contributed by atoms with Gasteiger partial charge in [0, 0.05) is 18.7 Å². The molecule has 6 nitrogen and oxygen atoms in total. The number of nitrogens with zero attached hydrogens (tertiary/aromatic N) is 1. The van der Waals surface area contributed by atoms with Gasteiger partial charge in [-0.1, -0.05) is 13.8 Å². The molecule has 7 heteroatoms. The van der Waals surface area contributed by atoms with Gasteiger partial charge in [-0.3, -0.25) is 10.1 Å². The minimum atomic E-state index is -0.781. The maximum absolute atomic E-state index is 13.6. The fourth-order valence-corrected chi connectivity index (χ4v) is 1.45. The molecule has 0 saturated heterocycles. The van der Waals surface area contributed by atoms with Crippen LogP contribution in [0.4, 0.5) is 10.1 Å². The van der Waals surface area contributed by atoms with E-state index in [4.69, 9.17) is 9.47 Å². The van der Waals surface area contributed by atoms with Crippen molar-refractivity contribution in [3.8, 4) is 11.5 Å². The summed E-state index contributed by atoms with van der Waals surface area (Å²) < 4.78 is 23.7. The van der Waals surface area contributed by atoms with E-state index in [9.17, 15) is 14.5 Å². The van der Waals surface area contributed by atoms with E-state index in [-0.39, 0.29) is 18.1 Å². The standard InChI is InChI=1S/C12H17FN2O4/c1-8(2)14-4-5-19-11-7-12(18-3)10(15(16)17)6-9(11)13/h6-8,14H,4-5H2,1-3H3. The first-order valence-electron chi connectivity index (χ1n) is 5.83. The van der Waals surface area contributed by atoms with Crippen molar-refractivity contribution >= 4 is 5.69 Å². The summed E-state index contributed by atoms with van der Waals surface area (Å²) in [5.41, 5.74) is -0.423. The number of rotatable bonds is 7. The maximum Gasteiger partial charge on any atom is 0.314 e. The third-order valence-corrected chi connectivity index (χ3v) is 2.34.